The number of rotatable bonds is 7. The molecular weight excluding hydrogens is 364 g/mol. The average Bonchev–Trinajstić information content (AvgIpc) is 2.66. The average molecular weight is 394 g/mol. The Kier molecular flexibility index (Phi) is 10.8. The Balaban J connectivity index is 0.000000892. The van der Waals surface area contributed by atoms with Crippen molar-refractivity contribution in [2.75, 3.05) is 20.2 Å². The fourth-order valence-corrected chi connectivity index (χ4v) is 2.96. The van der Waals surface area contributed by atoms with Crippen LogP contribution in [0.5, 0.6) is 0 Å². The third-order valence-corrected chi connectivity index (χ3v) is 4.39. The van der Waals surface area contributed by atoms with Crippen LogP contribution in [0.1, 0.15) is 38.2 Å². The Hall–Kier alpha value is -2.45. The van der Waals surface area contributed by atoms with Crippen LogP contribution in [0.2, 0.25) is 0 Å². The smallest absolute Gasteiger partial charge is 0.320 e. The second-order valence-electron chi connectivity index (χ2n) is 6.72. The molecule has 8 heteroatoms. The highest BCUT2D eigenvalue weighted by atomic mass is 16.5. The minimum atomic E-state index is -0.833. The van der Waals surface area contributed by atoms with Crippen molar-refractivity contribution < 1.29 is 29.0 Å². The van der Waals surface area contributed by atoms with E-state index in [1.807, 2.05) is 35.2 Å². The van der Waals surface area contributed by atoms with Crippen LogP contribution < -0.4 is 5.73 Å². The molecule has 1 fully saturated rings. The Morgan fingerprint density at radius 3 is 2.14 bits per heavy atom. The summed E-state index contributed by atoms with van der Waals surface area (Å²) in [6, 6.07) is 9.90. The molecule has 0 amide bonds. The van der Waals surface area contributed by atoms with E-state index < -0.39 is 5.97 Å². The van der Waals surface area contributed by atoms with Gasteiger partial charge in [0.15, 0.2) is 0 Å². The van der Waals surface area contributed by atoms with Crippen LogP contribution in [-0.4, -0.2) is 60.2 Å². The van der Waals surface area contributed by atoms with Gasteiger partial charge in [-0.2, -0.15) is 0 Å². The molecule has 0 spiro atoms. The van der Waals surface area contributed by atoms with Crippen LogP contribution >= 0.6 is 0 Å². The van der Waals surface area contributed by atoms with Gasteiger partial charge in [0.05, 0.1) is 20.2 Å². The minimum Gasteiger partial charge on any atom is -0.481 e. The maximum atomic E-state index is 12.2. The normalized spacial score (nSPS) is 18.6. The largest absolute Gasteiger partial charge is 0.481 e. The van der Waals surface area contributed by atoms with Crippen molar-refractivity contribution in [3.8, 4) is 0 Å². The summed E-state index contributed by atoms with van der Waals surface area (Å²) in [4.78, 5) is 34.7. The maximum Gasteiger partial charge on any atom is 0.320 e. The zero-order valence-corrected chi connectivity index (χ0v) is 16.5. The maximum absolute atomic E-state index is 12.2. The van der Waals surface area contributed by atoms with Crippen molar-refractivity contribution in [2.24, 2.45) is 5.73 Å². The Morgan fingerprint density at radius 1 is 1.07 bits per heavy atom. The first-order valence-electron chi connectivity index (χ1n) is 9.27. The van der Waals surface area contributed by atoms with Gasteiger partial charge in [-0.1, -0.05) is 30.3 Å². The van der Waals surface area contributed by atoms with Crippen LogP contribution in [-0.2, 0) is 30.5 Å². The summed E-state index contributed by atoms with van der Waals surface area (Å²) < 4.78 is 10.1. The molecule has 1 aliphatic rings. The molecule has 0 atom stereocenters. The highest BCUT2D eigenvalue weighted by molar-refractivity contribution is 5.75. The molecule has 1 aliphatic carbocycles. The molecule has 0 unspecified atom stereocenters. The minimum absolute atomic E-state index is 0.0852. The van der Waals surface area contributed by atoms with Crippen LogP contribution in [0.25, 0.3) is 0 Å². The first-order chi connectivity index (χ1) is 13.3. The number of carbonyl (C=O) groups is 3. The number of hydrogen-bond acceptors (Lipinski definition) is 7. The van der Waals surface area contributed by atoms with Crippen LogP contribution in [0.3, 0.4) is 0 Å². The number of esters is 2. The topological polar surface area (TPSA) is 119 Å². The fraction of sp³-hybridized carbons (Fsp3) is 0.550. The molecule has 1 aromatic rings. The highest BCUT2D eigenvalue weighted by Gasteiger charge is 2.28. The standard InChI is InChI=1S/C18H26N2O4.C2H4O2/c1-23-17(21)11-20(16-9-7-15(19)8-10-16)12-18(22)24-13-14-5-3-2-4-6-14;1-2(3)4/h2-6,15-16H,7-13,19H2,1H3;1H3,(H,3,4). The number of carbonyl (C=O) groups excluding carboxylic acids is 2. The quantitative estimate of drug-likeness (QED) is 0.669. The first kappa shape index (κ1) is 23.6. The van der Waals surface area contributed by atoms with Crippen LogP contribution in [0.4, 0.5) is 0 Å². The number of hydrogen-bond donors (Lipinski definition) is 2. The summed E-state index contributed by atoms with van der Waals surface area (Å²) in [5.41, 5.74) is 6.88. The number of carboxylic acid groups (broad SMARTS) is 1. The van der Waals surface area contributed by atoms with E-state index in [0.29, 0.717) is 0 Å². The van der Waals surface area contributed by atoms with Crippen molar-refractivity contribution in [1.82, 2.24) is 4.90 Å². The van der Waals surface area contributed by atoms with E-state index in [1.165, 1.54) is 7.11 Å². The Bertz CT molecular complexity index is 610. The second-order valence-corrected chi connectivity index (χ2v) is 6.72. The van der Waals surface area contributed by atoms with Gasteiger partial charge in [0.25, 0.3) is 5.97 Å². The van der Waals surface area contributed by atoms with E-state index >= 15 is 0 Å². The number of methoxy groups -OCH3 is 1. The molecule has 0 radical (unpaired) electrons. The summed E-state index contributed by atoms with van der Waals surface area (Å²) in [5, 5.41) is 7.42. The number of aliphatic carboxylic acids is 1. The van der Waals surface area contributed by atoms with Gasteiger partial charge in [-0.3, -0.25) is 19.3 Å². The summed E-state index contributed by atoms with van der Waals surface area (Å²) in [5.74, 6) is -1.52. The van der Waals surface area contributed by atoms with E-state index in [2.05, 4.69) is 0 Å². The van der Waals surface area contributed by atoms with Gasteiger partial charge < -0.3 is 20.3 Å². The molecule has 156 valence electrons. The van der Waals surface area contributed by atoms with Gasteiger partial charge in [-0.25, -0.2) is 0 Å². The van der Waals surface area contributed by atoms with Gasteiger partial charge in [0.2, 0.25) is 0 Å². The van der Waals surface area contributed by atoms with E-state index in [9.17, 15) is 9.59 Å². The van der Waals surface area contributed by atoms with Gasteiger partial charge in [-0.05, 0) is 31.2 Å². The Labute approximate surface area is 165 Å². The van der Waals surface area contributed by atoms with Crippen molar-refractivity contribution in [1.29, 1.82) is 0 Å². The lowest BCUT2D eigenvalue weighted by Gasteiger charge is -2.34. The van der Waals surface area contributed by atoms with Crippen molar-refractivity contribution in [3.63, 3.8) is 0 Å². The predicted molar refractivity (Wildman–Crippen MR) is 103 cm³/mol. The number of benzene rings is 1. The van der Waals surface area contributed by atoms with E-state index in [4.69, 9.17) is 25.1 Å². The molecule has 3 N–H and O–H groups in total. The summed E-state index contributed by atoms with van der Waals surface area (Å²) in [6.07, 6.45) is 3.57. The molecule has 0 aliphatic heterocycles. The van der Waals surface area contributed by atoms with Gasteiger partial charge in [0, 0.05) is 19.0 Å². The monoisotopic (exact) mass is 394 g/mol. The molecule has 8 nitrogen and oxygen atoms in total. The van der Waals surface area contributed by atoms with Crippen molar-refractivity contribution in [2.45, 2.75) is 51.3 Å². The van der Waals surface area contributed by atoms with E-state index in [0.717, 1.165) is 38.2 Å². The molecule has 28 heavy (non-hydrogen) atoms. The lowest BCUT2D eigenvalue weighted by atomic mass is 9.90. The third kappa shape index (κ3) is 10.0. The second kappa shape index (κ2) is 12.9. The van der Waals surface area contributed by atoms with E-state index in [1.54, 1.807) is 0 Å². The zero-order valence-electron chi connectivity index (χ0n) is 16.5. The Morgan fingerprint density at radius 2 is 1.61 bits per heavy atom. The van der Waals surface area contributed by atoms with Gasteiger partial charge >= 0.3 is 11.9 Å². The number of nitrogens with zero attached hydrogens (tertiary/aromatic N) is 1. The number of ether oxygens (including phenoxy) is 2. The fourth-order valence-electron chi connectivity index (χ4n) is 2.96. The molecule has 1 aromatic carbocycles. The molecule has 0 bridgehead atoms. The number of carboxylic acids is 1. The van der Waals surface area contributed by atoms with Gasteiger partial charge in [-0.15, -0.1) is 0 Å². The summed E-state index contributed by atoms with van der Waals surface area (Å²) >= 11 is 0. The lowest BCUT2D eigenvalue weighted by Crippen LogP contribution is -2.46. The molecule has 1 saturated carbocycles. The molecule has 0 aromatic heterocycles. The van der Waals surface area contributed by atoms with Crippen molar-refractivity contribution >= 4 is 17.9 Å². The van der Waals surface area contributed by atoms with Gasteiger partial charge in [0.1, 0.15) is 6.61 Å². The molecular formula is C20H30N2O6. The predicted octanol–water partition coefficient (Wildman–Crippen LogP) is 1.57. The first-order valence-corrected chi connectivity index (χ1v) is 9.27. The summed E-state index contributed by atoms with van der Waals surface area (Å²) in [6.45, 7) is 1.50. The van der Waals surface area contributed by atoms with E-state index in [-0.39, 0.29) is 43.7 Å². The summed E-state index contributed by atoms with van der Waals surface area (Å²) in [7, 11) is 1.35. The molecule has 2 rings (SSSR count). The van der Waals surface area contributed by atoms with Crippen LogP contribution in [0, 0.1) is 0 Å². The SMILES string of the molecule is CC(=O)O.COC(=O)CN(CC(=O)OCc1ccccc1)C1CCC(N)CC1. The molecule has 0 heterocycles. The zero-order chi connectivity index (χ0) is 20.9. The molecule has 0 saturated heterocycles. The lowest BCUT2D eigenvalue weighted by molar-refractivity contribution is -0.149. The third-order valence-electron chi connectivity index (χ3n) is 4.39. The van der Waals surface area contributed by atoms with Crippen molar-refractivity contribution in [3.05, 3.63) is 35.9 Å². The van der Waals surface area contributed by atoms with Crippen LogP contribution in [0.15, 0.2) is 30.3 Å². The highest BCUT2D eigenvalue weighted by Crippen LogP contribution is 2.22. The number of nitrogens with two attached hydrogens (primary N) is 1.